The molecule has 0 aromatic heterocycles. The van der Waals surface area contributed by atoms with Crippen LogP contribution in [0.5, 0.6) is 0 Å². The van der Waals surface area contributed by atoms with E-state index in [0.717, 1.165) is 93.0 Å². The molecule has 0 radical (unpaired) electrons. The molecule has 320 valence electrons. The predicted octanol–water partition coefficient (Wildman–Crippen LogP) is 16.9. The van der Waals surface area contributed by atoms with E-state index < -0.39 is 28.2 Å². The lowest BCUT2D eigenvalue weighted by molar-refractivity contribution is -0.118. The van der Waals surface area contributed by atoms with Crippen molar-refractivity contribution in [2.75, 3.05) is 0 Å². The van der Waals surface area contributed by atoms with E-state index in [0.29, 0.717) is 48.0 Å². The summed E-state index contributed by atoms with van der Waals surface area (Å²) >= 11 is 36.0. The zero-order valence-corrected chi connectivity index (χ0v) is 43.3. The van der Waals surface area contributed by atoms with Crippen LogP contribution >= 0.6 is 66.5 Å². The second-order valence-electron chi connectivity index (χ2n) is 17.5. The van der Waals surface area contributed by atoms with Crippen LogP contribution in [0.25, 0.3) is 0 Å². The molecule has 12 heteroatoms. The molecule has 2 aliphatic carbocycles. The van der Waals surface area contributed by atoms with Gasteiger partial charge in [0.05, 0.1) is 16.1 Å². The van der Waals surface area contributed by atoms with Crippen molar-refractivity contribution < 1.29 is 9.59 Å². The van der Waals surface area contributed by atoms with Gasteiger partial charge in [-0.25, -0.2) is 0 Å². The van der Waals surface area contributed by atoms with Gasteiger partial charge in [-0.15, -0.1) is 106 Å². The van der Waals surface area contributed by atoms with Crippen LogP contribution in [-0.2, 0) is 9.59 Å². The normalized spacial score (nSPS) is 22.8. The van der Waals surface area contributed by atoms with Crippen LogP contribution in [0.15, 0.2) is 75.9 Å². The van der Waals surface area contributed by atoms with Crippen molar-refractivity contribution >= 4 is 106 Å². The fourth-order valence-electron chi connectivity index (χ4n) is 10.0. The minimum absolute atomic E-state index is 0.242. The summed E-state index contributed by atoms with van der Waals surface area (Å²) in [7, 11) is -2.95. The molecule has 2 rings (SSSR count). The number of ketones is 2. The van der Waals surface area contributed by atoms with Crippen LogP contribution < -0.4 is 0 Å². The highest BCUT2D eigenvalue weighted by atomic mass is 35.8. The predicted molar refractivity (Wildman–Crippen MR) is 265 cm³/mol. The van der Waals surface area contributed by atoms with Gasteiger partial charge < -0.3 is 9.59 Å². The van der Waals surface area contributed by atoms with Gasteiger partial charge in [-0.1, -0.05) is 61.4 Å². The number of halogens is 6. The third kappa shape index (κ3) is 22.8. The van der Waals surface area contributed by atoms with Gasteiger partial charge in [0, 0.05) is 12.8 Å². The molecule has 0 aromatic rings. The first-order chi connectivity index (χ1) is 26.3. The summed E-state index contributed by atoms with van der Waals surface area (Å²) in [6, 6.07) is 5.87. The molecule has 2 aliphatic rings. The molecule has 6 atom stereocenters. The molecule has 0 aromatic carbocycles. The molecule has 2 saturated carbocycles. The molecular weight excluding hydrogens is 886 g/mol. The van der Waals surface area contributed by atoms with E-state index >= 15 is 0 Å². The molecule has 0 bridgehead atoms. The zero-order chi connectivity index (χ0) is 42.4. The largest absolute Gasteiger partial charge is 0.341 e. The van der Waals surface area contributed by atoms with Crippen molar-refractivity contribution in [2.45, 2.75) is 151 Å². The maximum Gasteiger partial charge on any atom is 0.341 e. The van der Waals surface area contributed by atoms with E-state index in [2.05, 4.69) is 75.9 Å². The Balaban J connectivity index is 0.000000614. The summed E-state index contributed by atoms with van der Waals surface area (Å²) in [6.45, 7) is 27.8. The Bertz CT molecular complexity index is 1200. The van der Waals surface area contributed by atoms with Crippen LogP contribution in [0.1, 0.15) is 90.9 Å². The van der Waals surface area contributed by atoms with Crippen LogP contribution in [0.2, 0.25) is 60.4 Å². The smallest absolute Gasteiger partial charge is 0.300 e. The molecule has 2 nitrogen and oxygen atoms in total. The van der Waals surface area contributed by atoms with Crippen molar-refractivity contribution in [2.24, 2.45) is 35.5 Å². The summed E-state index contributed by atoms with van der Waals surface area (Å²) in [4.78, 5) is 23.0. The molecule has 0 N–H and O–H groups in total. The van der Waals surface area contributed by atoms with E-state index in [9.17, 15) is 9.59 Å². The number of hydrogen-bond donors (Lipinski definition) is 0. The number of rotatable bonds is 30. The van der Waals surface area contributed by atoms with E-state index in [1.807, 2.05) is 0 Å². The lowest BCUT2D eigenvalue weighted by Crippen LogP contribution is -2.33. The second-order valence-corrected chi connectivity index (χ2v) is 45.5. The summed E-state index contributed by atoms with van der Waals surface area (Å²) in [6.07, 6.45) is 25.6. The van der Waals surface area contributed by atoms with Crippen LogP contribution in [0, 0.1) is 35.5 Å². The van der Waals surface area contributed by atoms with Gasteiger partial charge in [0.15, 0.2) is 0 Å². The molecule has 0 heterocycles. The molecular formula is C44H74Cl6O2Si4. The average molecular weight is 960 g/mol. The van der Waals surface area contributed by atoms with E-state index in [-0.39, 0.29) is 5.78 Å². The SMILES string of the molecule is C=CC[Si](CC=C)(CC=C)CCC1CC(CCC(C)=O)C(CC[Si](CC=C)(CC=C)CC=C)C1.CC(=O)CCC1CC(CC[Si](Cl)(Cl)Cl)CC1CC[Si](Cl)(Cl)Cl. The van der Waals surface area contributed by atoms with Crippen LogP contribution in [-0.4, -0.2) is 39.7 Å². The van der Waals surface area contributed by atoms with Crippen molar-refractivity contribution in [3.05, 3.63) is 75.9 Å². The third-order valence-electron chi connectivity index (χ3n) is 12.8. The fourth-order valence-corrected chi connectivity index (χ4v) is 21.3. The minimum Gasteiger partial charge on any atom is -0.300 e. The number of carbonyl (C=O) groups excluding carboxylic acids is 2. The third-order valence-corrected chi connectivity index (χ3v) is 27.6. The lowest BCUT2D eigenvalue weighted by Gasteiger charge is -2.31. The van der Waals surface area contributed by atoms with Crippen molar-refractivity contribution in [3.8, 4) is 0 Å². The Morgan fingerprint density at radius 2 is 0.696 bits per heavy atom. The first-order valence-electron chi connectivity index (χ1n) is 21.1. The van der Waals surface area contributed by atoms with Gasteiger partial charge in [0.1, 0.15) is 11.6 Å². The van der Waals surface area contributed by atoms with Gasteiger partial charge in [-0.2, -0.15) is 0 Å². The number of carbonyl (C=O) groups is 2. The molecule has 0 spiro atoms. The summed E-state index contributed by atoms with van der Waals surface area (Å²) in [5.74, 6) is 4.47. The van der Waals surface area contributed by atoms with Crippen LogP contribution in [0.3, 0.4) is 0 Å². The summed E-state index contributed by atoms with van der Waals surface area (Å²) in [5.41, 5.74) is 0. The minimum atomic E-state index is -2.58. The Labute approximate surface area is 375 Å². The molecule has 6 unspecified atom stereocenters. The van der Waals surface area contributed by atoms with Crippen molar-refractivity contribution in [3.63, 3.8) is 0 Å². The average Bonchev–Trinajstić information content (AvgIpc) is 3.69. The Hall–Kier alpha value is 0.388. The highest BCUT2D eigenvalue weighted by Gasteiger charge is 2.40. The van der Waals surface area contributed by atoms with Crippen molar-refractivity contribution in [1.82, 2.24) is 0 Å². The van der Waals surface area contributed by atoms with Gasteiger partial charge in [0.2, 0.25) is 0 Å². The summed E-state index contributed by atoms with van der Waals surface area (Å²) in [5, 5.41) is 0. The maximum atomic E-state index is 11.8. The van der Waals surface area contributed by atoms with Gasteiger partial charge >= 0.3 is 12.0 Å². The first kappa shape index (κ1) is 54.4. The molecule has 56 heavy (non-hydrogen) atoms. The molecule has 0 aliphatic heterocycles. The number of allylic oxidation sites excluding steroid dienone is 6. The lowest BCUT2D eigenvalue weighted by atomic mass is 9.89. The van der Waals surface area contributed by atoms with E-state index in [1.54, 1.807) is 13.8 Å². The maximum absolute atomic E-state index is 11.8. The first-order valence-corrected chi connectivity index (χ1v) is 37.2. The van der Waals surface area contributed by atoms with Gasteiger partial charge in [0.25, 0.3) is 0 Å². The number of hydrogen-bond acceptors (Lipinski definition) is 2. The van der Waals surface area contributed by atoms with Crippen molar-refractivity contribution in [1.29, 1.82) is 0 Å². The number of Topliss-reactive ketones (excluding diaryl/α,β-unsaturated/α-hetero) is 2. The molecule has 0 saturated heterocycles. The summed E-state index contributed by atoms with van der Waals surface area (Å²) < 4.78 is 0. The fraction of sp³-hybridized carbons (Fsp3) is 0.682. The van der Waals surface area contributed by atoms with Gasteiger partial charge in [-0.05, 0) is 149 Å². The quantitative estimate of drug-likeness (QED) is 0.0408. The molecule has 2 fully saturated rings. The Morgan fingerprint density at radius 1 is 0.446 bits per heavy atom. The topological polar surface area (TPSA) is 34.1 Å². The van der Waals surface area contributed by atoms with Gasteiger partial charge in [-0.3, -0.25) is 0 Å². The van der Waals surface area contributed by atoms with E-state index in [4.69, 9.17) is 66.5 Å². The highest BCUT2D eigenvalue weighted by Crippen LogP contribution is 2.48. The molecule has 0 amide bonds. The second kappa shape index (κ2) is 28.1. The Morgan fingerprint density at radius 3 is 0.982 bits per heavy atom. The zero-order valence-electron chi connectivity index (χ0n) is 34.8. The highest BCUT2D eigenvalue weighted by molar-refractivity contribution is 7.65. The van der Waals surface area contributed by atoms with Crippen LogP contribution in [0.4, 0.5) is 0 Å². The Kier molecular flexibility index (Phi) is 27.3. The standard InChI is InChI=1S/C31H52OSi2.C13H22Cl6OSi2/c1-8-18-33(19-9-2,20-10-3)24-16-29-26-30(15-14-28(7)32)31(27-29)17-25-34(21-11-4,22-12-5)23-13-6;1-10(20)2-3-12-8-11(4-6-21(14,15)16)9-13(12)5-7-22(17,18)19/h8-13,29-31H,1-6,14-27H2,7H3;11-13H,2-9H2,1H3. The van der Waals surface area contributed by atoms with E-state index in [1.165, 1.54) is 37.8 Å². The monoisotopic (exact) mass is 956 g/mol.